The first-order valence-electron chi connectivity index (χ1n) is 3.39. The molecule has 0 radical (unpaired) electrons. The summed E-state index contributed by atoms with van der Waals surface area (Å²) in [5, 5.41) is 0. The van der Waals surface area contributed by atoms with Gasteiger partial charge in [-0.15, -0.1) is 0 Å². The molecule has 0 unspecified atom stereocenters. The standard InChI is InChI=1S/C8H11Br/c9-8-6-4-2-1-3-5-7-8/h1-2,7H,3-6H2/b2-1+,8-7-. The van der Waals surface area contributed by atoms with Crippen molar-refractivity contribution in [3.05, 3.63) is 22.7 Å². The molecule has 0 aliphatic heterocycles. The summed E-state index contributed by atoms with van der Waals surface area (Å²) >= 11 is 3.50. The normalized spacial score (nSPS) is 29.7. The summed E-state index contributed by atoms with van der Waals surface area (Å²) < 4.78 is 1.37. The zero-order valence-electron chi connectivity index (χ0n) is 5.44. The molecule has 0 aromatic heterocycles. The third kappa shape index (κ3) is 2.85. The van der Waals surface area contributed by atoms with E-state index in [1.165, 1.54) is 30.2 Å². The van der Waals surface area contributed by atoms with Crippen molar-refractivity contribution in [2.75, 3.05) is 0 Å². The number of allylic oxidation sites excluding steroid dienone is 4. The molecular formula is C8H11Br. The molecule has 9 heavy (non-hydrogen) atoms. The van der Waals surface area contributed by atoms with Crippen molar-refractivity contribution >= 4 is 15.9 Å². The third-order valence-electron chi connectivity index (χ3n) is 1.42. The van der Waals surface area contributed by atoms with E-state index in [1.54, 1.807) is 0 Å². The van der Waals surface area contributed by atoms with Crippen LogP contribution in [0.2, 0.25) is 0 Å². The Morgan fingerprint density at radius 2 is 1.89 bits per heavy atom. The van der Waals surface area contributed by atoms with Crippen molar-refractivity contribution in [2.45, 2.75) is 25.7 Å². The topological polar surface area (TPSA) is 0 Å². The van der Waals surface area contributed by atoms with Crippen LogP contribution in [0.15, 0.2) is 22.7 Å². The first kappa shape index (κ1) is 7.07. The van der Waals surface area contributed by atoms with E-state index in [0.717, 1.165) is 0 Å². The molecule has 0 saturated heterocycles. The van der Waals surface area contributed by atoms with Crippen LogP contribution >= 0.6 is 15.9 Å². The van der Waals surface area contributed by atoms with Gasteiger partial charge in [-0.05, 0) is 30.2 Å². The minimum absolute atomic E-state index is 1.18. The van der Waals surface area contributed by atoms with Crippen molar-refractivity contribution in [1.82, 2.24) is 0 Å². The Bertz CT molecular complexity index is 134. The molecule has 0 aromatic rings. The summed E-state index contributed by atoms with van der Waals surface area (Å²) in [6.07, 6.45) is 11.5. The van der Waals surface area contributed by atoms with Crippen molar-refractivity contribution in [1.29, 1.82) is 0 Å². The summed E-state index contributed by atoms with van der Waals surface area (Å²) in [4.78, 5) is 0. The highest BCUT2D eigenvalue weighted by Gasteiger charge is 1.91. The van der Waals surface area contributed by atoms with E-state index < -0.39 is 0 Å². The van der Waals surface area contributed by atoms with Gasteiger partial charge >= 0.3 is 0 Å². The fourth-order valence-corrected chi connectivity index (χ4v) is 1.35. The summed E-state index contributed by atoms with van der Waals surface area (Å²) in [6, 6.07) is 0. The van der Waals surface area contributed by atoms with Gasteiger partial charge in [0.05, 0.1) is 0 Å². The first-order valence-corrected chi connectivity index (χ1v) is 4.18. The Morgan fingerprint density at radius 1 is 1.11 bits per heavy atom. The zero-order chi connectivity index (χ0) is 6.53. The average Bonchev–Trinajstić information content (AvgIpc) is 1.79. The van der Waals surface area contributed by atoms with Crippen LogP contribution in [0, 0.1) is 0 Å². The lowest BCUT2D eigenvalue weighted by Crippen LogP contribution is -1.77. The van der Waals surface area contributed by atoms with Crippen LogP contribution in [0.25, 0.3) is 0 Å². The lowest BCUT2D eigenvalue weighted by Gasteiger charge is -1.98. The molecule has 1 rings (SSSR count). The molecule has 50 valence electrons. The minimum Gasteiger partial charge on any atom is -0.0882 e. The second-order valence-corrected chi connectivity index (χ2v) is 3.26. The predicted octanol–water partition coefficient (Wildman–Crippen LogP) is 3.40. The molecule has 0 heterocycles. The Hall–Kier alpha value is -0.0400. The van der Waals surface area contributed by atoms with Gasteiger partial charge in [0, 0.05) is 0 Å². The zero-order valence-corrected chi connectivity index (χ0v) is 7.02. The van der Waals surface area contributed by atoms with Crippen LogP contribution in [-0.2, 0) is 0 Å². The smallest absolute Gasteiger partial charge is 0.00860 e. The van der Waals surface area contributed by atoms with Gasteiger partial charge in [-0.2, -0.15) is 0 Å². The van der Waals surface area contributed by atoms with Crippen LogP contribution in [0.4, 0.5) is 0 Å². The van der Waals surface area contributed by atoms with Crippen LogP contribution in [-0.4, -0.2) is 0 Å². The highest BCUT2D eigenvalue weighted by Crippen LogP contribution is 2.16. The number of hydrogen-bond acceptors (Lipinski definition) is 0. The van der Waals surface area contributed by atoms with E-state index in [4.69, 9.17) is 0 Å². The Labute approximate surface area is 64.8 Å². The second-order valence-electron chi connectivity index (χ2n) is 2.24. The maximum Gasteiger partial charge on any atom is -0.00860 e. The molecule has 0 fully saturated rings. The van der Waals surface area contributed by atoms with E-state index in [-0.39, 0.29) is 0 Å². The third-order valence-corrected chi connectivity index (χ3v) is 2.14. The fourth-order valence-electron chi connectivity index (χ4n) is 0.895. The van der Waals surface area contributed by atoms with Gasteiger partial charge in [-0.3, -0.25) is 0 Å². The largest absolute Gasteiger partial charge is 0.0882 e. The summed E-state index contributed by atoms with van der Waals surface area (Å²) in [5.74, 6) is 0. The number of hydrogen-bond donors (Lipinski definition) is 0. The number of halogens is 1. The van der Waals surface area contributed by atoms with Gasteiger partial charge < -0.3 is 0 Å². The monoisotopic (exact) mass is 186 g/mol. The first-order chi connectivity index (χ1) is 4.39. The van der Waals surface area contributed by atoms with Crippen LogP contribution in [0.3, 0.4) is 0 Å². The maximum atomic E-state index is 3.50. The molecule has 0 aromatic carbocycles. The highest BCUT2D eigenvalue weighted by atomic mass is 79.9. The van der Waals surface area contributed by atoms with Gasteiger partial charge in [-0.1, -0.05) is 34.2 Å². The van der Waals surface area contributed by atoms with Crippen molar-refractivity contribution in [3.63, 3.8) is 0 Å². The van der Waals surface area contributed by atoms with E-state index in [2.05, 4.69) is 34.2 Å². The SMILES string of the molecule is Br/C1=C\CC/C=C/CC1. The van der Waals surface area contributed by atoms with Crippen LogP contribution in [0.5, 0.6) is 0 Å². The van der Waals surface area contributed by atoms with Gasteiger partial charge in [0.1, 0.15) is 0 Å². The van der Waals surface area contributed by atoms with Crippen molar-refractivity contribution in [3.8, 4) is 0 Å². The molecular weight excluding hydrogens is 176 g/mol. The van der Waals surface area contributed by atoms with E-state index in [9.17, 15) is 0 Å². The van der Waals surface area contributed by atoms with E-state index in [0.29, 0.717) is 0 Å². The van der Waals surface area contributed by atoms with Crippen molar-refractivity contribution < 1.29 is 0 Å². The molecule has 0 saturated carbocycles. The second kappa shape index (κ2) is 3.89. The summed E-state index contributed by atoms with van der Waals surface area (Å²) in [5.41, 5.74) is 0. The molecule has 0 atom stereocenters. The molecule has 0 N–H and O–H groups in total. The summed E-state index contributed by atoms with van der Waals surface area (Å²) in [7, 11) is 0. The molecule has 0 nitrogen and oxygen atoms in total. The van der Waals surface area contributed by atoms with Gasteiger partial charge in [0.2, 0.25) is 0 Å². The van der Waals surface area contributed by atoms with Gasteiger partial charge in [0.25, 0.3) is 0 Å². The molecule has 1 aliphatic rings. The quantitative estimate of drug-likeness (QED) is 0.510. The molecule has 1 heteroatoms. The van der Waals surface area contributed by atoms with E-state index >= 15 is 0 Å². The molecule has 0 spiro atoms. The van der Waals surface area contributed by atoms with Crippen LogP contribution < -0.4 is 0 Å². The lowest BCUT2D eigenvalue weighted by molar-refractivity contribution is 0.954. The predicted molar refractivity (Wildman–Crippen MR) is 44.6 cm³/mol. The lowest BCUT2D eigenvalue weighted by atomic mass is 10.1. The fraction of sp³-hybridized carbons (Fsp3) is 0.500. The molecule has 0 bridgehead atoms. The average molecular weight is 187 g/mol. The molecule has 1 aliphatic carbocycles. The maximum absolute atomic E-state index is 3.50. The molecule has 0 amide bonds. The Balaban J connectivity index is 2.41. The van der Waals surface area contributed by atoms with Gasteiger partial charge in [-0.25, -0.2) is 0 Å². The Morgan fingerprint density at radius 3 is 2.78 bits per heavy atom. The van der Waals surface area contributed by atoms with Crippen LogP contribution in [0.1, 0.15) is 25.7 Å². The summed E-state index contributed by atoms with van der Waals surface area (Å²) in [6.45, 7) is 0. The van der Waals surface area contributed by atoms with Crippen molar-refractivity contribution in [2.24, 2.45) is 0 Å². The van der Waals surface area contributed by atoms with E-state index in [1.807, 2.05) is 0 Å². The van der Waals surface area contributed by atoms with Gasteiger partial charge in [0.15, 0.2) is 0 Å². The Kier molecular flexibility index (Phi) is 3.05. The minimum atomic E-state index is 1.18. The highest BCUT2D eigenvalue weighted by molar-refractivity contribution is 9.11. The number of rotatable bonds is 0.